The number of primary amides is 1. The standard InChI is InChI=1S/C29H44N6O10/c1-14(8-23(38)15(2)33-18(5)37)28(44)34-16(3)24(39)11-21(17(4)36)29(45)35-22(10-20-12-31-13-32-20)25(40)9-19(27(30)43)6-7-26(41)42/h12-17,19,21-22,36H,6-11H2,1-5H3,(H2,30,43)(H,31,32)(H,33,37)(H,34,44)(H,35,45)(H,41,42)/t14-,15+,16+,17-,19-,21+,22+/m0/s1. The first-order valence-electron chi connectivity index (χ1n) is 14.5. The number of imidazole rings is 1. The number of Topliss-reactive ketones (excluding diaryl/α,β-unsaturated/α-hetero) is 3. The maximum Gasteiger partial charge on any atom is 0.303 e. The van der Waals surface area contributed by atoms with E-state index in [1.807, 2.05) is 0 Å². The number of carboxylic acid groups (broad SMARTS) is 1. The molecule has 0 aliphatic heterocycles. The molecule has 45 heavy (non-hydrogen) atoms. The van der Waals surface area contributed by atoms with Crippen molar-refractivity contribution in [1.82, 2.24) is 25.9 Å². The Bertz CT molecular complexity index is 1230. The van der Waals surface area contributed by atoms with Crippen LogP contribution >= 0.6 is 0 Å². The molecule has 1 aromatic heterocycles. The Balaban J connectivity index is 2.96. The fourth-order valence-corrected chi connectivity index (χ4v) is 4.44. The van der Waals surface area contributed by atoms with Crippen molar-refractivity contribution in [3.05, 3.63) is 18.2 Å². The van der Waals surface area contributed by atoms with E-state index in [2.05, 4.69) is 25.9 Å². The van der Waals surface area contributed by atoms with Gasteiger partial charge in [-0.2, -0.15) is 0 Å². The molecule has 0 aromatic carbocycles. The molecule has 0 fully saturated rings. The Labute approximate surface area is 260 Å². The lowest BCUT2D eigenvalue weighted by Crippen LogP contribution is -2.49. The van der Waals surface area contributed by atoms with Crippen LogP contribution in [-0.4, -0.2) is 91.4 Å². The highest BCUT2D eigenvalue weighted by atomic mass is 16.4. The largest absolute Gasteiger partial charge is 0.481 e. The fourth-order valence-electron chi connectivity index (χ4n) is 4.44. The van der Waals surface area contributed by atoms with Gasteiger partial charge in [0.25, 0.3) is 0 Å². The van der Waals surface area contributed by atoms with Gasteiger partial charge in [-0.25, -0.2) is 4.98 Å². The number of ketones is 3. The number of aromatic nitrogens is 2. The van der Waals surface area contributed by atoms with E-state index in [1.54, 1.807) is 0 Å². The van der Waals surface area contributed by atoms with Crippen LogP contribution in [0.3, 0.4) is 0 Å². The number of hydrogen-bond donors (Lipinski definition) is 7. The summed E-state index contributed by atoms with van der Waals surface area (Å²) in [5.74, 6) is -8.75. The van der Waals surface area contributed by atoms with Crippen molar-refractivity contribution in [3.8, 4) is 0 Å². The first-order chi connectivity index (χ1) is 20.9. The lowest BCUT2D eigenvalue weighted by atomic mass is 9.90. The molecule has 7 atom stereocenters. The van der Waals surface area contributed by atoms with Gasteiger partial charge in [0.15, 0.2) is 17.3 Å². The Morgan fingerprint density at radius 1 is 0.867 bits per heavy atom. The average Bonchev–Trinajstić information content (AvgIpc) is 3.45. The lowest BCUT2D eigenvalue weighted by molar-refractivity contribution is -0.138. The van der Waals surface area contributed by atoms with Crippen LogP contribution in [0, 0.1) is 17.8 Å². The number of aliphatic carboxylic acids is 1. The van der Waals surface area contributed by atoms with E-state index in [0.29, 0.717) is 5.69 Å². The van der Waals surface area contributed by atoms with Gasteiger partial charge in [0.1, 0.15) is 0 Å². The third kappa shape index (κ3) is 13.8. The zero-order valence-electron chi connectivity index (χ0n) is 26.1. The summed E-state index contributed by atoms with van der Waals surface area (Å²) in [6.07, 6.45) is -0.395. The van der Waals surface area contributed by atoms with Crippen LogP contribution in [-0.2, 0) is 44.8 Å². The van der Waals surface area contributed by atoms with E-state index in [0.717, 1.165) is 0 Å². The molecule has 0 bridgehead atoms. The summed E-state index contributed by atoms with van der Waals surface area (Å²) in [4.78, 5) is 105. The Hall–Kier alpha value is -4.47. The number of rotatable bonds is 21. The van der Waals surface area contributed by atoms with Crippen molar-refractivity contribution in [2.45, 2.75) is 97.4 Å². The molecule has 0 spiro atoms. The minimum atomic E-state index is -1.35. The number of aliphatic hydroxyl groups is 1. The summed E-state index contributed by atoms with van der Waals surface area (Å²) >= 11 is 0. The minimum Gasteiger partial charge on any atom is -0.481 e. The number of carboxylic acids is 1. The summed E-state index contributed by atoms with van der Waals surface area (Å²) in [7, 11) is 0. The molecule has 0 radical (unpaired) electrons. The second-order valence-corrected chi connectivity index (χ2v) is 11.3. The Kier molecular flexibility index (Phi) is 15.7. The molecular formula is C29H44N6O10. The van der Waals surface area contributed by atoms with Crippen molar-refractivity contribution in [2.75, 3.05) is 0 Å². The molecule has 4 amide bonds. The molecule has 250 valence electrons. The van der Waals surface area contributed by atoms with E-state index >= 15 is 0 Å². The van der Waals surface area contributed by atoms with Crippen LogP contribution in [0.1, 0.15) is 72.4 Å². The predicted octanol–water partition coefficient (Wildman–Crippen LogP) is -1.06. The van der Waals surface area contributed by atoms with E-state index in [-0.39, 0.29) is 25.0 Å². The number of H-pyrrole nitrogens is 1. The first-order valence-corrected chi connectivity index (χ1v) is 14.5. The van der Waals surface area contributed by atoms with Gasteiger partial charge in [0.2, 0.25) is 23.6 Å². The van der Waals surface area contributed by atoms with E-state index in [1.165, 1.54) is 47.1 Å². The van der Waals surface area contributed by atoms with Crippen molar-refractivity contribution in [3.63, 3.8) is 0 Å². The van der Waals surface area contributed by atoms with Gasteiger partial charge < -0.3 is 36.9 Å². The zero-order valence-corrected chi connectivity index (χ0v) is 26.1. The average molecular weight is 637 g/mol. The smallest absolute Gasteiger partial charge is 0.303 e. The van der Waals surface area contributed by atoms with E-state index < -0.39 is 102 Å². The highest BCUT2D eigenvalue weighted by Gasteiger charge is 2.34. The molecule has 1 aromatic rings. The van der Waals surface area contributed by atoms with Crippen LogP contribution in [0.4, 0.5) is 0 Å². The Morgan fingerprint density at radius 2 is 1.47 bits per heavy atom. The zero-order chi connectivity index (χ0) is 34.4. The van der Waals surface area contributed by atoms with Crippen molar-refractivity contribution >= 4 is 46.9 Å². The highest BCUT2D eigenvalue weighted by molar-refractivity contribution is 5.96. The third-order valence-corrected chi connectivity index (χ3v) is 7.28. The maximum atomic E-state index is 13.3. The number of nitrogens with one attached hydrogen (secondary N) is 4. The van der Waals surface area contributed by atoms with Gasteiger partial charge in [-0.3, -0.25) is 38.4 Å². The normalized spacial score (nSPS) is 15.7. The van der Waals surface area contributed by atoms with E-state index in [9.17, 15) is 43.5 Å². The molecular weight excluding hydrogens is 592 g/mol. The number of nitrogens with two attached hydrogens (primary N) is 1. The topological polar surface area (TPSA) is 268 Å². The summed E-state index contributed by atoms with van der Waals surface area (Å²) in [6.45, 7) is 6.90. The van der Waals surface area contributed by atoms with Gasteiger partial charge in [-0.05, 0) is 27.2 Å². The summed E-state index contributed by atoms with van der Waals surface area (Å²) in [6, 6.07) is -3.13. The molecule has 1 rings (SSSR count). The van der Waals surface area contributed by atoms with Gasteiger partial charge in [-0.15, -0.1) is 0 Å². The number of aromatic amines is 1. The molecule has 0 aliphatic rings. The molecule has 0 aliphatic carbocycles. The number of carbonyl (C=O) groups excluding carboxylic acids is 7. The second-order valence-electron chi connectivity index (χ2n) is 11.3. The van der Waals surface area contributed by atoms with Crippen molar-refractivity contribution < 1.29 is 48.6 Å². The third-order valence-electron chi connectivity index (χ3n) is 7.28. The van der Waals surface area contributed by atoms with Crippen LogP contribution in [0.25, 0.3) is 0 Å². The number of aliphatic hydroxyl groups excluding tert-OH is 1. The van der Waals surface area contributed by atoms with Crippen LogP contribution < -0.4 is 21.7 Å². The predicted molar refractivity (Wildman–Crippen MR) is 158 cm³/mol. The van der Waals surface area contributed by atoms with Gasteiger partial charge >= 0.3 is 5.97 Å². The molecule has 0 unspecified atom stereocenters. The highest BCUT2D eigenvalue weighted by Crippen LogP contribution is 2.17. The maximum absolute atomic E-state index is 13.3. The monoisotopic (exact) mass is 636 g/mol. The lowest BCUT2D eigenvalue weighted by Gasteiger charge is -2.25. The molecule has 1 heterocycles. The van der Waals surface area contributed by atoms with Crippen LogP contribution in [0.2, 0.25) is 0 Å². The number of hydrogen-bond acceptors (Lipinski definition) is 10. The SMILES string of the molecule is CC(=O)N[C@H](C)C(=O)C[C@H](C)C(=O)N[C@H](C)C(=O)C[C@@H](C(=O)N[C@H](Cc1cnc[nH]1)C(=O)C[C@H](CCC(=O)O)C(N)=O)[C@H](C)O. The molecule has 0 saturated heterocycles. The number of carbonyl (C=O) groups is 8. The van der Waals surface area contributed by atoms with Gasteiger partial charge in [0.05, 0.1) is 36.5 Å². The molecule has 16 heteroatoms. The summed E-state index contributed by atoms with van der Waals surface area (Å²) in [5.41, 5.74) is 5.82. The Morgan fingerprint density at radius 3 is 1.98 bits per heavy atom. The van der Waals surface area contributed by atoms with Crippen LogP contribution in [0.15, 0.2) is 12.5 Å². The van der Waals surface area contributed by atoms with Crippen molar-refractivity contribution in [1.29, 1.82) is 0 Å². The summed E-state index contributed by atoms with van der Waals surface area (Å²) < 4.78 is 0. The quantitative estimate of drug-likeness (QED) is 0.0855. The van der Waals surface area contributed by atoms with Gasteiger partial charge in [0, 0.05) is 62.8 Å². The van der Waals surface area contributed by atoms with Gasteiger partial charge in [-0.1, -0.05) is 6.92 Å². The second kappa shape index (κ2) is 18.4. The molecule has 0 saturated carbocycles. The number of amides is 4. The van der Waals surface area contributed by atoms with E-state index in [4.69, 9.17) is 10.8 Å². The first kappa shape index (κ1) is 38.6. The molecule has 16 nitrogen and oxygen atoms in total. The fraction of sp³-hybridized carbons (Fsp3) is 0.621. The van der Waals surface area contributed by atoms with Crippen molar-refractivity contribution in [2.24, 2.45) is 23.5 Å². The summed E-state index contributed by atoms with van der Waals surface area (Å²) in [5, 5.41) is 26.8. The minimum absolute atomic E-state index is 0.0842. The number of nitrogens with zero attached hydrogens (tertiary/aromatic N) is 1. The molecule has 8 N–H and O–H groups in total. The van der Waals surface area contributed by atoms with Crippen LogP contribution in [0.5, 0.6) is 0 Å².